The molecule has 94 valence electrons. The van der Waals surface area contributed by atoms with Gasteiger partial charge in [-0.25, -0.2) is 4.98 Å². The molecule has 2 N–H and O–H groups in total. The summed E-state index contributed by atoms with van der Waals surface area (Å²) in [6, 6.07) is 3.99. The maximum absolute atomic E-state index is 5.78. The van der Waals surface area contributed by atoms with E-state index in [1.807, 2.05) is 20.2 Å². The normalized spacial score (nSPS) is 24.5. The van der Waals surface area contributed by atoms with E-state index in [4.69, 9.17) is 10.5 Å². The first kappa shape index (κ1) is 12.3. The Labute approximate surface area is 103 Å². The van der Waals surface area contributed by atoms with Crippen LogP contribution in [-0.4, -0.2) is 37.2 Å². The third-order valence-electron chi connectivity index (χ3n) is 3.33. The number of aromatic nitrogens is 1. The number of nitrogen functional groups attached to an aromatic ring is 1. The molecule has 0 aromatic carbocycles. The summed E-state index contributed by atoms with van der Waals surface area (Å²) in [4.78, 5) is 6.60. The van der Waals surface area contributed by atoms with Gasteiger partial charge in [0.15, 0.2) is 0 Å². The molecule has 1 fully saturated rings. The lowest BCUT2D eigenvalue weighted by Crippen LogP contribution is -2.26. The van der Waals surface area contributed by atoms with Crippen molar-refractivity contribution in [2.24, 2.45) is 0 Å². The number of hydrogen-bond acceptors (Lipinski definition) is 4. The van der Waals surface area contributed by atoms with Gasteiger partial charge >= 0.3 is 0 Å². The average molecular weight is 235 g/mol. The molecule has 1 saturated heterocycles. The van der Waals surface area contributed by atoms with E-state index in [0.717, 1.165) is 31.9 Å². The van der Waals surface area contributed by atoms with Crippen molar-refractivity contribution in [3.05, 3.63) is 23.4 Å². The molecular weight excluding hydrogens is 214 g/mol. The van der Waals surface area contributed by atoms with Gasteiger partial charge < -0.3 is 15.4 Å². The molecule has 1 atom stereocenters. The molecule has 4 nitrogen and oxygen atoms in total. The molecule has 0 aliphatic carbocycles. The number of nitrogens with zero attached hydrogens (tertiary/aromatic N) is 2. The van der Waals surface area contributed by atoms with Gasteiger partial charge in [0.2, 0.25) is 0 Å². The Morgan fingerprint density at radius 2 is 2.24 bits per heavy atom. The third-order valence-corrected chi connectivity index (χ3v) is 3.33. The van der Waals surface area contributed by atoms with Crippen LogP contribution in [0.3, 0.4) is 0 Å². The van der Waals surface area contributed by atoms with Gasteiger partial charge in [-0.2, -0.15) is 0 Å². The molecule has 1 aromatic rings. The van der Waals surface area contributed by atoms with Gasteiger partial charge in [0.05, 0.1) is 12.3 Å². The van der Waals surface area contributed by atoms with E-state index >= 15 is 0 Å². The summed E-state index contributed by atoms with van der Waals surface area (Å²) in [6.07, 6.45) is 1.05. The lowest BCUT2D eigenvalue weighted by molar-refractivity contribution is 0.180. The fraction of sp³-hybridized carbons (Fsp3) is 0.615. The largest absolute Gasteiger partial charge is 0.384 e. The fourth-order valence-corrected chi connectivity index (χ4v) is 2.37. The molecule has 0 saturated carbocycles. The molecule has 0 amide bonds. The summed E-state index contributed by atoms with van der Waals surface area (Å²) >= 11 is 0. The van der Waals surface area contributed by atoms with E-state index in [0.29, 0.717) is 5.82 Å². The number of pyridine rings is 1. The van der Waals surface area contributed by atoms with Crippen molar-refractivity contribution in [3.63, 3.8) is 0 Å². The van der Waals surface area contributed by atoms with Crippen molar-refractivity contribution in [3.8, 4) is 0 Å². The summed E-state index contributed by atoms with van der Waals surface area (Å²) in [5.41, 5.74) is 8.22. The first-order valence-corrected chi connectivity index (χ1v) is 6.00. The fourth-order valence-electron chi connectivity index (χ4n) is 2.37. The van der Waals surface area contributed by atoms with E-state index in [-0.39, 0.29) is 5.41 Å². The van der Waals surface area contributed by atoms with E-state index in [2.05, 4.69) is 22.9 Å². The Morgan fingerprint density at radius 1 is 1.47 bits per heavy atom. The molecule has 1 aliphatic rings. The van der Waals surface area contributed by atoms with Crippen LogP contribution in [0.2, 0.25) is 0 Å². The Balaban J connectivity index is 2.38. The smallest absolute Gasteiger partial charge is 0.123 e. The Hall–Kier alpha value is -1.13. The van der Waals surface area contributed by atoms with Crippen molar-refractivity contribution >= 4 is 5.82 Å². The number of nitrogens with two attached hydrogens (primary N) is 1. The van der Waals surface area contributed by atoms with Gasteiger partial charge in [0.25, 0.3) is 0 Å². The van der Waals surface area contributed by atoms with E-state index < -0.39 is 0 Å². The average Bonchev–Trinajstić information content (AvgIpc) is 2.65. The highest BCUT2D eigenvalue weighted by molar-refractivity contribution is 5.38. The standard InChI is InChI=1S/C13H21N3O/c1-13(6-7-17-9-13)10-4-5-12(14)15-11(10)8-16(2)3/h4-5H,6-9H2,1-3H3,(H2,14,15). The molecule has 0 bridgehead atoms. The first-order chi connectivity index (χ1) is 8.01. The van der Waals surface area contributed by atoms with Crippen LogP contribution in [-0.2, 0) is 16.7 Å². The maximum Gasteiger partial charge on any atom is 0.123 e. The highest BCUT2D eigenvalue weighted by atomic mass is 16.5. The minimum absolute atomic E-state index is 0.0893. The lowest BCUT2D eigenvalue weighted by Gasteiger charge is -2.26. The number of anilines is 1. The molecule has 17 heavy (non-hydrogen) atoms. The topological polar surface area (TPSA) is 51.4 Å². The molecule has 2 rings (SSSR count). The Morgan fingerprint density at radius 3 is 2.82 bits per heavy atom. The second-order valence-electron chi connectivity index (χ2n) is 5.33. The molecule has 0 radical (unpaired) electrons. The zero-order chi connectivity index (χ0) is 12.5. The van der Waals surface area contributed by atoms with Crippen LogP contribution in [0.4, 0.5) is 5.82 Å². The number of ether oxygens (including phenoxy) is 1. The molecule has 1 unspecified atom stereocenters. The maximum atomic E-state index is 5.78. The van der Waals surface area contributed by atoms with Gasteiger partial charge in [-0.15, -0.1) is 0 Å². The highest BCUT2D eigenvalue weighted by Gasteiger charge is 2.34. The first-order valence-electron chi connectivity index (χ1n) is 6.00. The molecule has 4 heteroatoms. The van der Waals surface area contributed by atoms with Crippen LogP contribution >= 0.6 is 0 Å². The minimum atomic E-state index is 0.0893. The van der Waals surface area contributed by atoms with E-state index in [1.165, 1.54) is 5.56 Å². The van der Waals surface area contributed by atoms with Gasteiger partial charge in [0.1, 0.15) is 5.82 Å². The van der Waals surface area contributed by atoms with E-state index in [9.17, 15) is 0 Å². The summed E-state index contributed by atoms with van der Waals surface area (Å²) in [6.45, 7) is 4.67. The van der Waals surface area contributed by atoms with Gasteiger partial charge in [-0.1, -0.05) is 13.0 Å². The van der Waals surface area contributed by atoms with Crippen LogP contribution in [0.5, 0.6) is 0 Å². The third kappa shape index (κ3) is 2.58. The highest BCUT2D eigenvalue weighted by Crippen LogP contribution is 2.34. The summed E-state index contributed by atoms with van der Waals surface area (Å²) in [7, 11) is 4.09. The second kappa shape index (κ2) is 4.63. The van der Waals surface area contributed by atoms with Crippen LogP contribution in [0, 0.1) is 0 Å². The van der Waals surface area contributed by atoms with Crippen molar-refractivity contribution in [1.29, 1.82) is 0 Å². The van der Waals surface area contributed by atoms with Crippen molar-refractivity contribution in [2.75, 3.05) is 33.0 Å². The second-order valence-corrected chi connectivity index (χ2v) is 5.33. The molecule has 1 aliphatic heterocycles. The molecular formula is C13H21N3O. The summed E-state index contributed by atoms with van der Waals surface area (Å²) in [5.74, 6) is 0.591. The predicted octanol–water partition coefficient (Wildman–Crippen LogP) is 1.40. The zero-order valence-electron chi connectivity index (χ0n) is 10.9. The van der Waals surface area contributed by atoms with Crippen LogP contribution in [0.15, 0.2) is 12.1 Å². The van der Waals surface area contributed by atoms with Crippen LogP contribution < -0.4 is 5.73 Å². The quantitative estimate of drug-likeness (QED) is 0.860. The van der Waals surface area contributed by atoms with Crippen molar-refractivity contribution in [1.82, 2.24) is 9.88 Å². The van der Waals surface area contributed by atoms with Gasteiger partial charge in [-0.05, 0) is 32.1 Å². The monoisotopic (exact) mass is 235 g/mol. The molecule has 1 aromatic heterocycles. The molecule has 2 heterocycles. The van der Waals surface area contributed by atoms with Crippen molar-refractivity contribution in [2.45, 2.75) is 25.3 Å². The summed E-state index contributed by atoms with van der Waals surface area (Å²) < 4.78 is 5.53. The minimum Gasteiger partial charge on any atom is -0.384 e. The SMILES string of the molecule is CN(C)Cc1nc(N)ccc1C1(C)CCOC1. The van der Waals surface area contributed by atoms with Crippen molar-refractivity contribution < 1.29 is 4.74 Å². The van der Waals surface area contributed by atoms with Crippen LogP contribution in [0.25, 0.3) is 0 Å². The van der Waals surface area contributed by atoms with Crippen LogP contribution in [0.1, 0.15) is 24.6 Å². The van der Waals surface area contributed by atoms with Gasteiger partial charge in [-0.3, -0.25) is 0 Å². The summed E-state index contributed by atoms with van der Waals surface area (Å²) in [5, 5.41) is 0. The zero-order valence-corrected chi connectivity index (χ0v) is 10.9. The lowest BCUT2D eigenvalue weighted by atomic mass is 9.81. The van der Waals surface area contributed by atoms with E-state index in [1.54, 1.807) is 0 Å². The predicted molar refractivity (Wildman–Crippen MR) is 68.8 cm³/mol. The number of rotatable bonds is 3. The van der Waals surface area contributed by atoms with Gasteiger partial charge in [0, 0.05) is 18.6 Å². The molecule has 0 spiro atoms. The number of hydrogen-bond donors (Lipinski definition) is 1. The Bertz CT molecular complexity index is 398. The Kier molecular flexibility index (Phi) is 3.35.